The molecule has 0 amide bonds. The summed E-state index contributed by atoms with van der Waals surface area (Å²) >= 11 is 0. The highest BCUT2D eigenvalue weighted by molar-refractivity contribution is 4.83. The van der Waals surface area contributed by atoms with Crippen LogP contribution < -0.4 is 0 Å². The smallest absolute Gasteiger partial charge is 0.0647 e. The van der Waals surface area contributed by atoms with Gasteiger partial charge in [0.25, 0.3) is 0 Å². The van der Waals surface area contributed by atoms with E-state index in [0.29, 0.717) is 0 Å². The molecule has 0 unspecified atom stereocenters. The van der Waals surface area contributed by atoms with Gasteiger partial charge in [0.15, 0.2) is 0 Å². The van der Waals surface area contributed by atoms with Crippen molar-refractivity contribution in [2.45, 2.75) is 20.0 Å². The van der Waals surface area contributed by atoms with E-state index in [0.717, 1.165) is 0 Å². The third-order valence-electron chi connectivity index (χ3n) is 1.78. The molecule has 0 aromatic heterocycles. The summed E-state index contributed by atoms with van der Waals surface area (Å²) in [4.78, 5) is 0. The first-order valence-corrected chi connectivity index (χ1v) is 3.55. The first-order valence-electron chi connectivity index (χ1n) is 3.55. The average Bonchev–Trinajstić information content (AvgIpc) is 2.00. The van der Waals surface area contributed by atoms with Crippen LogP contribution in [-0.4, -0.2) is 22.9 Å². The van der Waals surface area contributed by atoms with Gasteiger partial charge in [0.2, 0.25) is 0 Å². The number of hydrogen-bond donors (Lipinski definition) is 2. The Morgan fingerprint density at radius 3 is 2.30 bits per heavy atom. The second-order valence-electron chi connectivity index (χ2n) is 2.75. The zero-order valence-corrected chi connectivity index (χ0v) is 6.62. The molecule has 0 heterocycles. The highest BCUT2D eigenvalue weighted by Crippen LogP contribution is 2.12. The average molecular weight is 144 g/mol. The van der Waals surface area contributed by atoms with Crippen LogP contribution in [0.4, 0.5) is 0 Å². The first kappa shape index (κ1) is 9.66. The Labute approximate surface area is 62.2 Å². The van der Waals surface area contributed by atoms with Crippen molar-refractivity contribution in [3.05, 3.63) is 12.7 Å². The van der Waals surface area contributed by atoms with Crippen LogP contribution in [-0.2, 0) is 0 Å². The Morgan fingerprint density at radius 1 is 1.50 bits per heavy atom. The fourth-order valence-electron chi connectivity index (χ4n) is 0.766. The standard InChI is InChI=1S/C8H16O2/c1-4-6(2)8(10)7(3)5-9/h4,6-10H,1,5H2,2-3H3/t6-,7+,8-/m1/s1. The summed E-state index contributed by atoms with van der Waals surface area (Å²) in [6.45, 7) is 7.27. The Bertz CT molecular complexity index is 101. The predicted molar refractivity (Wildman–Crippen MR) is 41.6 cm³/mol. The SMILES string of the molecule is C=C[C@@H](C)[C@@H](O)[C@@H](C)CO. The fourth-order valence-corrected chi connectivity index (χ4v) is 0.766. The van der Waals surface area contributed by atoms with Gasteiger partial charge in [-0.15, -0.1) is 6.58 Å². The summed E-state index contributed by atoms with van der Waals surface area (Å²) < 4.78 is 0. The lowest BCUT2D eigenvalue weighted by atomic mass is 9.94. The Balaban J connectivity index is 3.80. The van der Waals surface area contributed by atoms with Crippen LogP contribution in [0.3, 0.4) is 0 Å². The van der Waals surface area contributed by atoms with Gasteiger partial charge in [0, 0.05) is 18.4 Å². The molecule has 0 aliphatic heterocycles. The van der Waals surface area contributed by atoms with E-state index in [4.69, 9.17) is 5.11 Å². The molecule has 2 heteroatoms. The molecule has 60 valence electrons. The molecule has 0 saturated heterocycles. The summed E-state index contributed by atoms with van der Waals surface area (Å²) in [5, 5.41) is 18.0. The van der Waals surface area contributed by atoms with Crippen molar-refractivity contribution >= 4 is 0 Å². The van der Waals surface area contributed by atoms with Gasteiger partial charge < -0.3 is 10.2 Å². The Morgan fingerprint density at radius 2 is 2.00 bits per heavy atom. The van der Waals surface area contributed by atoms with Crippen molar-refractivity contribution in [1.82, 2.24) is 0 Å². The highest BCUT2D eigenvalue weighted by atomic mass is 16.3. The predicted octanol–water partition coefficient (Wildman–Crippen LogP) is 0.798. The van der Waals surface area contributed by atoms with Crippen molar-refractivity contribution < 1.29 is 10.2 Å². The molecule has 0 bridgehead atoms. The number of rotatable bonds is 4. The quantitative estimate of drug-likeness (QED) is 0.573. The summed E-state index contributed by atoms with van der Waals surface area (Å²) in [6, 6.07) is 0. The molecular weight excluding hydrogens is 128 g/mol. The summed E-state index contributed by atoms with van der Waals surface area (Å²) in [5.41, 5.74) is 0. The van der Waals surface area contributed by atoms with Gasteiger partial charge >= 0.3 is 0 Å². The minimum absolute atomic E-state index is 0.0271. The van der Waals surface area contributed by atoms with Crippen LogP contribution in [0.5, 0.6) is 0 Å². The van der Waals surface area contributed by atoms with Crippen LogP contribution in [0.1, 0.15) is 13.8 Å². The first-order chi connectivity index (χ1) is 4.63. The van der Waals surface area contributed by atoms with E-state index in [1.807, 2.05) is 13.8 Å². The number of aliphatic hydroxyl groups is 2. The van der Waals surface area contributed by atoms with Gasteiger partial charge in [0.05, 0.1) is 6.10 Å². The molecule has 2 nitrogen and oxygen atoms in total. The van der Waals surface area contributed by atoms with Crippen LogP contribution in [0.25, 0.3) is 0 Å². The van der Waals surface area contributed by atoms with E-state index in [-0.39, 0.29) is 18.4 Å². The molecule has 2 N–H and O–H groups in total. The van der Waals surface area contributed by atoms with Crippen molar-refractivity contribution in [3.63, 3.8) is 0 Å². The van der Waals surface area contributed by atoms with Crippen molar-refractivity contribution in [2.75, 3.05) is 6.61 Å². The van der Waals surface area contributed by atoms with Gasteiger partial charge in [-0.05, 0) is 0 Å². The van der Waals surface area contributed by atoms with Crippen molar-refractivity contribution in [3.8, 4) is 0 Å². The normalized spacial score (nSPS) is 19.6. The molecule has 0 fully saturated rings. The minimum Gasteiger partial charge on any atom is -0.396 e. The summed E-state index contributed by atoms with van der Waals surface area (Å²) in [7, 11) is 0. The number of hydrogen-bond acceptors (Lipinski definition) is 2. The highest BCUT2D eigenvalue weighted by Gasteiger charge is 2.17. The van der Waals surface area contributed by atoms with Gasteiger partial charge in [-0.3, -0.25) is 0 Å². The second kappa shape index (κ2) is 4.47. The van der Waals surface area contributed by atoms with E-state index < -0.39 is 6.10 Å². The lowest BCUT2D eigenvalue weighted by Gasteiger charge is -2.20. The van der Waals surface area contributed by atoms with E-state index >= 15 is 0 Å². The van der Waals surface area contributed by atoms with Crippen LogP contribution in [0, 0.1) is 11.8 Å². The molecule has 0 aliphatic carbocycles. The molecule has 0 rings (SSSR count). The maximum absolute atomic E-state index is 9.35. The summed E-state index contributed by atoms with van der Waals surface area (Å²) in [5.74, 6) is -0.00449. The van der Waals surface area contributed by atoms with Crippen molar-refractivity contribution in [1.29, 1.82) is 0 Å². The van der Waals surface area contributed by atoms with E-state index in [1.54, 1.807) is 6.08 Å². The van der Waals surface area contributed by atoms with Crippen molar-refractivity contribution in [2.24, 2.45) is 11.8 Å². The van der Waals surface area contributed by atoms with Crippen LogP contribution >= 0.6 is 0 Å². The second-order valence-corrected chi connectivity index (χ2v) is 2.75. The lowest BCUT2D eigenvalue weighted by molar-refractivity contribution is 0.0514. The fraction of sp³-hybridized carbons (Fsp3) is 0.750. The van der Waals surface area contributed by atoms with Gasteiger partial charge in [0.1, 0.15) is 0 Å². The van der Waals surface area contributed by atoms with Gasteiger partial charge in [-0.2, -0.15) is 0 Å². The Kier molecular flexibility index (Phi) is 4.32. The van der Waals surface area contributed by atoms with Gasteiger partial charge in [-0.25, -0.2) is 0 Å². The molecule has 10 heavy (non-hydrogen) atoms. The maximum atomic E-state index is 9.35. The molecule has 0 spiro atoms. The van der Waals surface area contributed by atoms with Crippen LogP contribution in [0.2, 0.25) is 0 Å². The maximum Gasteiger partial charge on any atom is 0.0647 e. The zero-order valence-electron chi connectivity index (χ0n) is 6.62. The van der Waals surface area contributed by atoms with E-state index in [9.17, 15) is 5.11 Å². The molecule has 0 radical (unpaired) electrons. The van der Waals surface area contributed by atoms with Crippen LogP contribution in [0.15, 0.2) is 12.7 Å². The molecule has 0 aromatic carbocycles. The minimum atomic E-state index is -0.470. The van der Waals surface area contributed by atoms with E-state index in [1.165, 1.54) is 0 Å². The third-order valence-corrected chi connectivity index (χ3v) is 1.78. The van der Waals surface area contributed by atoms with E-state index in [2.05, 4.69) is 6.58 Å². The van der Waals surface area contributed by atoms with Gasteiger partial charge in [-0.1, -0.05) is 19.9 Å². The largest absolute Gasteiger partial charge is 0.396 e. The molecule has 0 aromatic rings. The topological polar surface area (TPSA) is 40.5 Å². The lowest BCUT2D eigenvalue weighted by Crippen LogP contribution is -2.26. The molecular formula is C8H16O2. The summed E-state index contributed by atoms with van der Waals surface area (Å²) in [6.07, 6.45) is 1.22. The number of aliphatic hydroxyl groups excluding tert-OH is 2. The molecule has 0 aliphatic rings. The Hall–Kier alpha value is -0.340. The third kappa shape index (κ3) is 2.50. The molecule has 3 atom stereocenters. The monoisotopic (exact) mass is 144 g/mol. The molecule has 0 saturated carbocycles. The zero-order chi connectivity index (χ0) is 8.15.